The van der Waals surface area contributed by atoms with Gasteiger partial charge in [-0.25, -0.2) is 0 Å². The van der Waals surface area contributed by atoms with Crippen molar-refractivity contribution in [1.82, 2.24) is 0 Å². The number of carbonyl (C=O) groups excluding carboxylic acids is 2. The fourth-order valence-electron chi connectivity index (χ4n) is 6.31. The van der Waals surface area contributed by atoms with Gasteiger partial charge in [0.25, 0.3) is 0 Å². The second-order valence-electron chi connectivity index (χ2n) is 11.3. The predicted octanol–water partition coefficient (Wildman–Crippen LogP) is 8.31. The molecule has 0 N–H and O–H groups in total. The van der Waals surface area contributed by atoms with E-state index in [9.17, 15) is 9.59 Å². The molecule has 0 radical (unpaired) electrons. The summed E-state index contributed by atoms with van der Waals surface area (Å²) in [5, 5.41) is 1.29. The zero-order valence-corrected chi connectivity index (χ0v) is 28.2. The van der Waals surface area contributed by atoms with E-state index in [1.54, 1.807) is 6.92 Å². The Kier molecular flexibility index (Phi) is 11.6. The van der Waals surface area contributed by atoms with Crippen molar-refractivity contribution in [2.75, 3.05) is 20.4 Å². The van der Waals surface area contributed by atoms with Crippen LogP contribution >= 0.6 is 20.8 Å². The van der Waals surface area contributed by atoms with Crippen molar-refractivity contribution in [1.29, 1.82) is 0 Å². The molecule has 3 aromatic carbocycles. The molecule has 1 aliphatic carbocycles. The third kappa shape index (κ3) is 6.89. The van der Waals surface area contributed by atoms with Crippen LogP contribution in [-0.2, 0) is 19.1 Å². The second-order valence-corrected chi connectivity index (χ2v) is 20.4. The van der Waals surface area contributed by atoms with Crippen molar-refractivity contribution in [3.8, 4) is 0 Å². The first-order valence-electron chi connectivity index (χ1n) is 15.4. The molecule has 0 unspecified atom stereocenters. The number of carbonyl (C=O) groups is 2. The number of methoxy groups -OCH3 is 2. The van der Waals surface area contributed by atoms with E-state index in [0.29, 0.717) is 17.6 Å². The van der Waals surface area contributed by atoms with E-state index >= 15 is 0 Å². The SMILES string of the molecule is COC1=C(OC)C(=O)C(CCCCCCCCCCP(Br)(c2ccccc2)(c2ccccc2)c2ccccc2)=C(C)C1=O. The van der Waals surface area contributed by atoms with Crippen LogP contribution < -0.4 is 15.9 Å². The maximum atomic E-state index is 12.8. The number of allylic oxidation sites excluding steroid dienone is 2. The van der Waals surface area contributed by atoms with E-state index in [4.69, 9.17) is 9.47 Å². The van der Waals surface area contributed by atoms with Gasteiger partial charge in [-0.1, -0.05) is 0 Å². The number of ether oxygens (including phenoxy) is 2. The summed E-state index contributed by atoms with van der Waals surface area (Å²) in [4.78, 5) is 25.4. The van der Waals surface area contributed by atoms with Crippen LogP contribution in [0.3, 0.4) is 0 Å². The van der Waals surface area contributed by atoms with Crippen molar-refractivity contribution in [2.24, 2.45) is 0 Å². The molecule has 0 aromatic heterocycles. The van der Waals surface area contributed by atoms with Crippen LogP contribution in [0.5, 0.6) is 0 Å². The Labute approximate surface area is 265 Å². The van der Waals surface area contributed by atoms with E-state index in [1.165, 1.54) is 55.8 Å². The molecule has 0 fully saturated rings. The van der Waals surface area contributed by atoms with Crippen LogP contribution in [0.2, 0.25) is 0 Å². The molecule has 4 rings (SSSR count). The predicted molar refractivity (Wildman–Crippen MR) is 184 cm³/mol. The third-order valence-corrected chi connectivity index (χ3v) is 18.8. The van der Waals surface area contributed by atoms with E-state index in [-0.39, 0.29) is 23.1 Å². The van der Waals surface area contributed by atoms with Gasteiger partial charge in [-0.3, -0.25) is 9.59 Å². The molecule has 0 atom stereocenters. The van der Waals surface area contributed by atoms with Gasteiger partial charge in [0.1, 0.15) is 0 Å². The number of benzene rings is 3. The van der Waals surface area contributed by atoms with Crippen LogP contribution in [0.4, 0.5) is 0 Å². The standard InChI is InChI=1S/C37H44BrO4P/c1-29-33(35(40)37(42-3)36(41-2)34(29)39)27-19-8-6-4-5-7-9-20-28-43(38,30-21-13-10-14-22-30,31-23-15-11-16-24-31)32-25-17-12-18-26-32/h10-18,21-26H,4-9,19-20,27-28H2,1-3H3. The van der Waals surface area contributed by atoms with Crippen LogP contribution in [0, 0.1) is 0 Å². The molecule has 3 aromatic rings. The second kappa shape index (κ2) is 15.1. The van der Waals surface area contributed by atoms with Crippen molar-refractivity contribution in [2.45, 2.75) is 64.7 Å². The fraction of sp³-hybridized carbons (Fsp3) is 0.351. The van der Waals surface area contributed by atoms with Gasteiger partial charge in [0.2, 0.25) is 17.3 Å². The van der Waals surface area contributed by atoms with Crippen molar-refractivity contribution in [3.05, 3.63) is 114 Å². The fourth-order valence-corrected chi connectivity index (χ4v) is 14.1. The van der Waals surface area contributed by atoms with Crippen molar-refractivity contribution in [3.63, 3.8) is 0 Å². The van der Waals surface area contributed by atoms with Gasteiger partial charge < -0.3 is 9.47 Å². The Morgan fingerprint density at radius 3 is 1.35 bits per heavy atom. The van der Waals surface area contributed by atoms with Gasteiger partial charge in [0.15, 0.2) is 0 Å². The first-order valence-corrected chi connectivity index (χ1v) is 19.8. The maximum absolute atomic E-state index is 12.8. The van der Waals surface area contributed by atoms with Crippen LogP contribution in [0.1, 0.15) is 64.7 Å². The molecule has 1 aliphatic rings. The smallest absolute Gasteiger partial charge is 0.285 e. The topological polar surface area (TPSA) is 52.6 Å². The van der Waals surface area contributed by atoms with E-state index < -0.39 is 5.31 Å². The van der Waals surface area contributed by atoms with E-state index in [0.717, 1.165) is 31.8 Å². The number of ketones is 2. The first kappa shape index (κ1) is 32.9. The number of rotatable bonds is 16. The molecule has 228 valence electrons. The molecule has 43 heavy (non-hydrogen) atoms. The minimum absolute atomic E-state index is 0.00985. The summed E-state index contributed by atoms with van der Waals surface area (Å²) in [5.74, 6) is -0.437. The zero-order chi connectivity index (χ0) is 30.7. The number of halogens is 1. The Hall–Kier alpha value is -3.01. The molecule has 0 aliphatic heterocycles. The monoisotopic (exact) mass is 662 g/mol. The van der Waals surface area contributed by atoms with Crippen molar-refractivity contribution < 1.29 is 19.1 Å². The van der Waals surface area contributed by atoms with E-state index in [1.807, 2.05) is 0 Å². The Morgan fingerprint density at radius 2 is 0.930 bits per heavy atom. The molecule has 6 heteroatoms. The number of hydrogen-bond acceptors (Lipinski definition) is 4. The normalized spacial score (nSPS) is 14.9. The molecular weight excluding hydrogens is 619 g/mol. The Morgan fingerprint density at radius 1 is 0.558 bits per heavy atom. The molecule has 0 bridgehead atoms. The summed E-state index contributed by atoms with van der Waals surface area (Å²) < 4.78 is 10.3. The third-order valence-electron chi connectivity index (χ3n) is 8.73. The summed E-state index contributed by atoms with van der Waals surface area (Å²) >= 11 is 4.55. The number of hydrogen-bond donors (Lipinski definition) is 0. The zero-order valence-electron chi connectivity index (χ0n) is 25.7. The minimum atomic E-state index is -2.84. The molecular formula is C37H44BrO4P. The molecule has 0 amide bonds. The Balaban J connectivity index is 1.30. The molecule has 0 saturated carbocycles. The van der Waals surface area contributed by atoms with Crippen molar-refractivity contribution >= 4 is 48.3 Å². The van der Waals surface area contributed by atoms with Crippen LogP contribution in [0.15, 0.2) is 114 Å². The van der Waals surface area contributed by atoms with Gasteiger partial charge >= 0.3 is 209 Å². The molecule has 0 heterocycles. The van der Waals surface area contributed by atoms with E-state index in [2.05, 4.69) is 106 Å². The van der Waals surface area contributed by atoms with Gasteiger partial charge in [-0.15, -0.1) is 0 Å². The quantitative estimate of drug-likeness (QED) is 0.0879. The summed E-state index contributed by atoms with van der Waals surface area (Å²) in [6.45, 7) is 1.71. The summed E-state index contributed by atoms with van der Waals surface area (Å²) in [6.07, 6.45) is 10.6. The van der Waals surface area contributed by atoms with Gasteiger partial charge in [0, 0.05) is 0 Å². The average molecular weight is 664 g/mol. The number of Topliss-reactive ketones (excluding diaryl/α,β-unsaturated/α-hetero) is 2. The van der Waals surface area contributed by atoms with Gasteiger partial charge in [-0.2, -0.15) is 0 Å². The van der Waals surface area contributed by atoms with Gasteiger partial charge in [0.05, 0.1) is 14.2 Å². The Bertz CT molecular complexity index is 1350. The summed E-state index contributed by atoms with van der Waals surface area (Å²) in [5.41, 5.74) is 1.04. The molecule has 4 nitrogen and oxygen atoms in total. The molecule has 0 spiro atoms. The average Bonchev–Trinajstić information content (AvgIpc) is 3.06. The first-order chi connectivity index (χ1) is 20.9. The van der Waals surface area contributed by atoms with Gasteiger partial charge in [-0.05, 0) is 6.92 Å². The van der Waals surface area contributed by atoms with Crippen LogP contribution in [0.25, 0.3) is 0 Å². The van der Waals surface area contributed by atoms with Crippen LogP contribution in [-0.4, -0.2) is 31.9 Å². The minimum Gasteiger partial charge on any atom is -0.285 e. The summed E-state index contributed by atoms with van der Waals surface area (Å²) in [6, 6.07) is 33.0. The summed E-state index contributed by atoms with van der Waals surface area (Å²) in [7, 11) is 2.80. The number of unbranched alkanes of at least 4 members (excludes halogenated alkanes) is 7. The molecule has 0 saturated heterocycles.